The molecule has 4 heteroatoms. The van der Waals surface area contributed by atoms with E-state index in [1.165, 1.54) is 5.56 Å². The Bertz CT molecular complexity index is 486. The molecule has 21 heavy (non-hydrogen) atoms. The first-order valence-corrected chi connectivity index (χ1v) is 7.32. The summed E-state index contributed by atoms with van der Waals surface area (Å²) in [5, 5.41) is 11.4. The fraction of sp³-hybridized carbons (Fsp3) is 0.529. The van der Waals surface area contributed by atoms with Crippen molar-refractivity contribution in [2.45, 2.75) is 58.4 Å². The van der Waals surface area contributed by atoms with Gasteiger partial charge >= 0.3 is 5.97 Å². The van der Waals surface area contributed by atoms with Gasteiger partial charge in [-0.15, -0.1) is 0 Å². The SMILES string of the molecule is C[C@H](NC(=O)CCCC(=O)O)c1ccc(C(C)(C)C)cc1. The van der Waals surface area contributed by atoms with Gasteiger partial charge in [0.2, 0.25) is 5.91 Å². The number of carboxylic acid groups (broad SMARTS) is 1. The van der Waals surface area contributed by atoms with E-state index in [1.807, 2.05) is 19.1 Å². The zero-order chi connectivity index (χ0) is 16.0. The van der Waals surface area contributed by atoms with E-state index in [0.717, 1.165) is 5.56 Å². The molecule has 0 aliphatic carbocycles. The second-order valence-electron chi connectivity index (χ2n) is 6.41. The van der Waals surface area contributed by atoms with Gasteiger partial charge in [0.25, 0.3) is 0 Å². The minimum Gasteiger partial charge on any atom is -0.481 e. The normalized spacial score (nSPS) is 12.8. The van der Waals surface area contributed by atoms with Crippen molar-refractivity contribution in [3.63, 3.8) is 0 Å². The molecule has 0 saturated heterocycles. The Morgan fingerprint density at radius 1 is 1.14 bits per heavy atom. The van der Waals surface area contributed by atoms with Crippen LogP contribution >= 0.6 is 0 Å². The van der Waals surface area contributed by atoms with Gasteiger partial charge in [-0.25, -0.2) is 0 Å². The summed E-state index contributed by atoms with van der Waals surface area (Å²) in [4.78, 5) is 22.1. The topological polar surface area (TPSA) is 66.4 Å². The molecule has 1 aromatic rings. The molecule has 0 aliphatic rings. The van der Waals surface area contributed by atoms with Crippen molar-refractivity contribution in [3.8, 4) is 0 Å². The first kappa shape index (κ1) is 17.2. The molecule has 0 fully saturated rings. The van der Waals surface area contributed by atoms with Crippen LogP contribution in [0.3, 0.4) is 0 Å². The minimum atomic E-state index is -0.867. The Labute approximate surface area is 126 Å². The Kier molecular flexibility index (Phi) is 5.94. The molecule has 1 amide bonds. The van der Waals surface area contributed by atoms with Gasteiger partial charge in [0.15, 0.2) is 0 Å². The number of aliphatic carboxylic acids is 1. The minimum absolute atomic E-state index is 0.0298. The number of amides is 1. The molecule has 1 atom stereocenters. The number of rotatable bonds is 6. The highest BCUT2D eigenvalue weighted by Gasteiger charge is 2.15. The van der Waals surface area contributed by atoms with Crippen LogP contribution in [0.4, 0.5) is 0 Å². The lowest BCUT2D eigenvalue weighted by atomic mass is 9.86. The van der Waals surface area contributed by atoms with Crippen LogP contribution in [0.25, 0.3) is 0 Å². The van der Waals surface area contributed by atoms with Gasteiger partial charge in [-0.3, -0.25) is 9.59 Å². The van der Waals surface area contributed by atoms with Crippen molar-refractivity contribution in [1.29, 1.82) is 0 Å². The molecule has 1 aromatic carbocycles. The fourth-order valence-corrected chi connectivity index (χ4v) is 2.07. The standard InChI is InChI=1S/C17H25NO3/c1-12(18-15(19)6-5-7-16(20)21)13-8-10-14(11-9-13)17(2,3)4/h8-12H,5-7H2,1-4H3,(H,18,19)(H,20,21)/t12-/m0/s1. The number of nitrogens with one attached hydrogen (secondary N) is 1. The number of hydrogen-bond acceptors (Lipinski definition) is 2. The summed E-state index contributed by atoms with van der Waals surface area (Å²) in [5.74, 6) is -0.975. The molecule has 1 rings (SSSR count). The van der Waals surface area contributed by atoms with Crippen LogP contribution in [0, 0.1) is 0 Å². The zero-order valence-electron chi connectivity index (χ0n) is 13.3. The molecule has 0 aliphatic heterocycles. The van der Waals surface area contributed by atoms with Crippen molar-refractivity contribution < 1.29 is 14.7 Å². The third-order valence-electron chi connectivity index (χ3n) is 3.45. The monoisotopic (exact) mass is 291 g/mol. The molecule has 116 valence electrons. The van der Waals surface area contributed by atoms with Gasteiger partial charge in [0.05, 0.1) is 6.04 Å². The van der Waals surface area contributed by atoms with E-state index >= 15 is 0 Å². The number of carboxylic acids is 1. The Morgan fingerprint density at radius 3 is 2.19 bits per heavy atom. The van der Waals surface area contributed by atoms with Crippen molar-refractivity contribution in [1.82, 2.24) is 5.32 Å². The molecular formula is C17H25NO3. The summed E-state index contributed by atoms with van der Waals surface area (Å²) in [7, 11) is 0. The molecule has 0 aromatic heterocycles. The number of carbonyl (C=O) groups is 2. The van der Waals surface area contributed by atoms with Crippen molar-refractivity contribution in [2.24, 2.45) is 0 Å². The van der Waals surface area contributed by atoms with Crippen LogP contribution in [0.15, 0.2) is 24.3 Å². The highest BCUT2D eigenvalue weighted by molar-refractivity contribution is 5.77. The van der Waals surface area contributed by atoms with E-state index < -0.39 is 5.97 Å². The Hall–Kier alpha value is -1.84. The highest BCUT2D eigenvalue weighted by atomic mass is 16.4. The predicted molar refractivity (Wildman–Crippen MR) is 83.2 cm³/mol. The van der Waals surface area contributed by atoms with Gasteiger partial charge < -0.3 is 10.4 Å². The molecule has 0 unspecified atom stereocenters. The highest BCUT2D eigenvalue weighted by Crippen LogP contribution is 2.23. The molecule has 0 radical (unpaired) electrons. The third kappa shape index (κ3) is 5.98. The van der Waals surface area contributed by atoms with Gasteiger partial charge in [-0.1, -0.05) is 45.0 Å². The molecule has 0 bridgehead atoms. The summed E-state index contributed by atoms with van der Waals surface area (Å²) >= 11 is 0. The maximum absolute atomic E-state index is 11.7. The Morgan fingerprint density at radius 2 is 1.71 bits per heavy atom. The average Bonchev–Trinajstić information content (AvgIpc) is 2.37. The smallest absolute Gasteiger partial charge is 0.303 e. The quantitative estimate of drug-likeness (QED) is 0.844. The molecule has 0 saturated carbocycles. The second kappa shape index (κ2) is 7.25. The summed E-state index contributed by atoms with van der Waals surface area (Å²) in [6.45, 7) is 8.42. The molecular weight excluding hydrogens is 266 g/mol. The van der Waals surface area contributed by atoms with Crippen LogP contribution in [-0.2, 0) is 15.0 Å². The number of hydrogen-bond donors (Lipinski definition) is 2. The fourth-order valence-electron chi connectivity index (χ4n) is 2.07. The summed E-state index contributed by atoms with van der Waals surface area (Å²) in [5.41, 5.74) is 2.42. The summed E-state index contributed by atoms with van der Waals surface area (Å²) < 4.78 is 0. The number of benzene rings is 1. The summed E-state index contributed by atoms with van der Waals surface area (Å²) in [6.07, 6.45) is 0.648. The first-order valence-electron chi connectivity index (χ1n) is 7.32. The Balaban J connectivity index is 2.53. The molecule has 0 heterocycles. The van der Waals surface area contributed by atoms with E-state index in [2.05, 4.69) is 38.2 Å². The maximum Gasteiger partial charge on any atom is 0.303 e. The van der Waals surface area contributed by atoms with Crippen LogP contribution in [0.5, 0.6) is 0 Å². The van der Waals surface area contributed by atoms with E-state index in [-0.39, 0.29) is 30.2 Å². The van der Waals surface area contributed by atoms with Crippen molar-refractivity contribution in [2.75, 3.05) is 0 Å². The third-order valence-corrected chi connectivity index (χ3v) is 3.45. The largest absolute Gasteiger partial charge is 0.481 e. The van der Waals surface area contributed by atoms with Gasteiger partial charge in [0, 0.05) is 12.8 Å². The van der Waals surface area contributed by atoms with Crippen LogP contribution in [-0.4, -0.2) is 17.0 Å². The first-order chi connectivity index (χ1) is 9.70. The van der Waals surface area contributed by atoms with Gasteiger partial charge in [-0.05, 0) is 29.9 Å². The van der Waals surface area contributed by atoms with E-state index in [1.54, 1.807) is 0 Å². The lowest BCUT2D eigenvalue weighted by molar-refractivity contribution is -0.137. The average molecular weight is 291 g/mol. The maximum atomic E-state index is 11.7. The van der Waals surface area contributed by atoms with E-state index in [4.69, 9.17) is 5.11 Å². The lowest BCUT2D eigenvalue weighted by Crippen LogP contribution is -2.26. The van der Waals surface area contributed by atoms with E-state index in [9.17, 15) is 9.59 Å². The molecule has 4 nitrogen and oxygen atoms in total. The molecule has 0 spiro atoms. The second-order valence-corrected chi connectivity index (χ2v) is 6.41. The summed E-state index contributed by atoms with van der Waals surface area (Å²) in [6, 6.07) is 8.16. The van der Waals surface area contributed by atoms with Gasteiger partial charge in [-0.2, -0.15) is 0 Å². The van der Waals surface area contributed by atoms with Crippen molar-refractivity contribution >= 4 is 11.9 Å². The molecule has 2 N–H and O–H groups in total. The lowest BCUT2D eigenvalue weighted by Gasteiger charge is -2.20. The van der Waals surface area contributed by atoms with Crippen LogP contribution in [0.2, 0.25) is 0 Å². The van der Waals surface area contributed by atoms with Crippen LogP contribution in [0.1, 0.15) is 64.1 Å². The zero-order valence-corrected chi connectivity index (χ0v) is 13.3. The number of carbonyl (C=O) groups excluding carboxylic acids is 1. The van der Waals surface area contributed by atoms with E-state index in [0.29, 0.717) is 6.42 Å². The van der Waals surface area contributed by atoms with Gasteiger partial charge in [0.1, 0.15) is 0 Å². The van der Waals surface area contributed by atoms with Crippen molar-refractivity contribution in [3.05, 3.63) is 35.4 Å². The predicted octanol–water partition coefficient (Wildman–Crippen LogP) is 3.42. The van der Waals surface area contributed by atoms with Crippen LogP contribution < -0.4 is 5.32 Å².